The number of nitrogens with two attached hydrogens (primary N) is 1. The largest absolute Gasteiger partial charge is 0.493 e. The highest BCUT2D eigenvalue weighted by Gasteiger charge is 2.16. The lowest BCUT2D eigenvalue weighted by Crippen LogP contribution is -2.35. The van der Waals surface area contributed by atoms with Crippen molar-refractivity contribution < 1.29 is 14.3 Å². The number of carbonyl (C=O) groups is 1. The van der Waals surface area contributed by atoms with E-state index in [-0.39, 0.29) is 12.5 Å². The number of likely N-dealkylation sites (tertiary alicyclic amines) is 1. The molecular formula is C16H24N2O3. The van der Waals surface area contributed by atoms with Crippen LogP contribution in [0.3, 0.4) is 0 Å². The maximum Gasteiger partial charge on any atom is 0.260 e. The van der Waals surface area contributed by atoms with Gasteiger partial charge in [0.25, 0.3) is 5.91 Å². The van der Waals surface area contributed by atoms with Crippen molar-refractivity contribution in [2.75, 3.05) is 26.8 Å². The first-order valence-corrected chi connectivity index (χ1v) is 7.52. The van der Waals surface area contributed by atoms with Crippen molar-refractivity contribution in [1.82, 2.24) is 4.90 Å². The van der Waals surface area contributed by atoms with Gasteiger partial charge in [0.1, 0.15) is 0 Å². The van der Waals surface area contributed by atoms with Crippen molar-refractivity contribution in [3.05, 3.63) is 23.8 Å². The fraction of sp³-hybridized carbons (Fsp3) is 0.562. The van der Waals surface area contributed by atoms with E-state index in [4.69, 9.17) is 15.2 Å². The molecule has 0 bridgehead atoms. The summed E-state index contributed by atoms with van der Waals surface area (Å²) in [6.45, 7) is 2.18. The van der Waals surface area contributed by atoms with Gasteiger partial charge in [0, 0.05) is 19.6 Å². The molecule has 2 N–H and O–H groups in total. The average molecular weight is 292 g/mol. The number of hydrogen-bond donors (Lipinski definition) is 1. The summed E-state index contributed by atoms with van der Waals surface area (Å²) in [6.07, 6.45) is 4.58. The summed E-state index contributed by atoms with van der Waals surface area (Å²) in [5.41, 5.74) is 6.57. The molecule has 5 heteroatoms. The molecule has 1 amide bonds. The van der Waals surface area contributed by atoms with Crippen LogP contribution in [0, 0.1) is 0 Å². The highest BCUT2D eigenvalue weighted by Crippen LogP contribution is 2.28. The molecule has 0 aromatic heterocycles. The molecule has 1 heterocycles. The second-order valence-corrected chi connectivity index (χ2v) is 5.27. The maximum absolute atomic E-state index is 12.2. The van der Waals surface area contributed by atoms with E-state index in [2.05, 4.69) is 0 Å². The molecule has 0 saturated carbocycles. The van der Waals surface area contributed by atoms with Crippen LogP contribution in [-0.2, 0) is 11.3 Å². The summed E-state index contributed by atoms with van der Waals surface area (Å²) in [4.78, 5) is 14.1. The predicted octanol–water partition coefficient (Wildman–Crippen LogP) is 1.94. The van der Waals surface area contributed by atoms with Crippen molar-refractivity contribution >= 4 is 5.91 Å². The molecule has 1 aromatic carbocycles. The van der Waals surface area contributed by atoms with E-state index in [0.717, 1.165) is 31.5 Å². The van der Waals surface area contributed by atoms with E-state index >= 15 is 0 Å². The minimum atomic E-state index is 0.0434. The summed E-state index contributed by atoms with van der Waals surface area (Å²) >= 11 is 0. The number of carbonyl (C=O) groups excluding carboxylic acids is 1. The van der Waals surface area contributed by atoms with Gasteiger partial charge in [0.15, 0.2) is 18.1 Å². The normalized spacial score (nSPS) is 15.4. The number of rotatable bonds is 5. The van der Waals surface area contributed by atoms with E-state index in [1.807, 2.05) is 17.0 Å². The van der Waals surface area contributed by atoms with Gasteiger partial charge in [-0.05, 0) is 30.5 Å². The number of nitrogens with zero attached hydrogens (tertiary/aromatic N) is 1. The van der Waals surface area contributed by atoms with Crippen LogP contribution in [-0.4, -0.2) is 37.6 Å². The number of benzene rings is 1. The highest BCUT2D eigenvalue weighted by molar-refractivity contribution is 5.77. The SMILES string of the molecule is COc1cc(CN)ccc1OCC(=O)N1CCCCCC1. The molecule has 0 spiro atoms. The molecule has 1 fully saturated rings. The third-order valence-electron chi connectivity index (χ3n) is 3.77. The van der Waals surface area contributed by atoms with E-state index in [1.54, 1.807) is 13.2 Å². The van der Waals surface area contributed by atoms with Crippen LogP contribution in [0.5, 0.6) is 11.5 Å². The molecule has 0 unspecified atom stereocenters. The quantitative estimate of drug-likeness (QED) is 0.900. The van der Waals surface area contributed by atoms with Crippen LogP contribution >= 0.6 is 0 Å². The van der Waals surface area contributed by atoms with Gasteiger partial charge in [0.2, 0.25) is 0 Å². The van der Waals surface area contributed by atoms with Crippen LogP contribution in [0.2, 0.25) is 0 Å². The second-order valence-electron chi connectivity index (χ2n) is 5.27. The van der Waals surface area contributed by atoms with E-state index in [9.17, 15) is 4.79 Å². The van der Waals surface area contributed by atoms with Crippen LogP contribution in [0.15, 0.2) is 18.2 Å². The number of amides is 1. The van der Waals surface area contributed by atoms with Gasteiger partial charge in [-0.1, -0.05) is 18.9 Å². The molecule has 1 aliphatic heterocycles. The summed E-state index contributed by atoms with van der Waals surface area (Å²) in [6, 6.07) is 5.52. The molecule has 0 atom stereocenters. The van der Waals surface area contributed by atoms with E-state index in [0.29, 0.717) is 18.0 Å². The van der Waals surface area contributed by atoms with Crippen molar-refractivity contribution in [1.29, 1.82) is 0 Å². The van der Waals surface area contributed by atoms with E-state index in [1.165, 1.54) is 12.8 Å². The lowest BCUT2D eigenvalue weighted by molar-refractivity contribution is -0.133. The lowest BCUT2D eigenvalue weighted by atomic mass is 10.2. The third kappa shape index (κ3) is 4.36. The predicted molar refractivity (Wildman–Crippen MR) is 81.4 cm³/mol. The maximum atomic E-state index is 12.2. The molecule has 1 saturated heterocycles. The molecule has 1 aliphatic rings. The van der Waals surface area contributed by atoms with Crippen molar-refractivity contribution in [2.24, 2.45) is 5.73 Å². The van der Waals surface area contributed by atoms with Gasteiger partial charge in [0.05, 0.1) is 7.11 Å². The Kier molecular flexibility index (Phi) is 5.87. The first-order valence-electron chi connectivity index (χ1n) is 7.52. The zero-order chi connectivity index (χ0) is 15.1. The van der Waals surface area contributed by atoms with Crippen molar-refractivity contribution in [3.8, 4) is 11.5 Å². The van der Waals surface area contributed by atoms with Gasteiger partial charge < -0.3 is 20.1 Å². The van der Waals surface area contributed by atoms with Gasteiger partial charge in [-0.25, -0.2) is 0 Å². The summed E-state index contributed by atoms with van der Waals surface area (Å²) in [5, 5.41) is 0. The Morgan fingerprint density at radius 1 is 1.19 bits per heavy atom. The topological polar surface area (TPSA) is 64.8 Å². The van der Waals surface area contributed by atoms with Crippen LogP contribution < -0.4 is 15.2 Å². The van der Waals surface area contributed by atoms with Gasteiger partial charge >= 0.3 is 0 Å². The van der Waals surface area contributed by atoms with Gasteiger partial charge in [-0.2, -0.15) is 0 Å². The zero-order valence-electron chi connectivity index (χ0n) is 12.6. The number of ether oxygens (including phenoxy) is 2. The molecule has 0 radical (unpaired) electrons. The second kappa shape index (κ2) is 7.88. The zero-order valence-corrected chi connectivity index (χ0v) is 12.6. The Morgan fingerprint density at radius 2 is 1.90 bits per heavy atom. The summed E-state index contributed by atoms with van der Waals surface area (Å²) in [7, 11) is 1.58. The molecule has 21 heavy (non-hydrogen) atoms. The first-order chi connectivity index (χ1) is 10.2. The highest BCUT2D eigenvalue weighted by atomic mass is 16.5. The smallest absolute Gasteiger partial charge is 0.260 e. The lowest BCUT2D eigenvalue weighted by Gasteiger charge is -2.20. The Hall–Kier alpha value is -1.75. The summed E-state index contributed by atoms with van der Waals surface area (Å²) in [5.74, 6) is 1.24. The number of methoxy groups -OCH3 is 1. The van der Waals surface area contributed by atoms with Crippen molar-refractivity contribution in [2.45, 2.75) is 32.2 Å². The Balaban J connectivity index is 1.94. The first kappa shape index (κ1) is 15.6. The minimum absolute atomic E-state index is 0.0434. The fourth-order valence-corrected chi connectivity index (χ4v) is 2.51. The van der Waals surface area contributed by atoms with Crippen LogP contribution in [0.1, 0.15) is 31.2 Å². The van der Waals surface area contributed by atoms with Crippen LogP contribution in [0.25, 0.3) is 0 Å². The van der Waals surface area contributed by atoms with Gasteiger partial charge in [-0.3, -0.25) is 4.79 Å². The molecule has 0 aliphatic carbocycles. The Morgan fingerprint density at radius 3 is 2.52 bits per heavy atom. The third-order valence-corrected chi connectivity index (χ3v) is 3.77. The molecule has 1 aromatic rings. The molecule has 5 nitrogen and oxygen atoms in total. The number of hydrogen-bond acceptors (Lipinski definition) is 4. The van der Waals surface area contributed by atoms with Crippen molar-refractivity contribution in [3.63, 3.8) is 0 Å². The Labute approximate surface area is 126 Å². The fourth-order valence-electron chi connectivity index (χ4n) is 2.51. The summed E-state index contributed by atoms with van der Waals surface area (Å²) < 4.78 is 10.9. The molecular weight excluding hydrogens is 268 g/mol. The van der Waals surface area contributed by atoms with E-state index < -0.39 is 0 Å². The monoisotopic (exact) mass is 292 g/mol. The van der Waals surface area contributed by atoms with Crippen LogP contribution in [0.4, 0.5) is 0 Å². The molecule has 2 rings (SSSR count). The Bertz CT molecular complexity index is 469. The molecule has 116 valence electrons. The average Bonchev–Trinajstić information content (AvgIpc) is 2.81. The standard InChI is InChI=1S/C16H24N2O3/c1-20-15-10-13(11-17)6-7-14(15)21-12-16(19)18-8-4-2-3-5-9-18/h6-7,10H,2-5,8-9,11-12,17H2,1H3. The van der Waals surface area contributed by atoms with Gasteiger partial charge in [-0.15, -0.1) is 0 Å². The minimum Gasteiger partial charge on any atom is -0.493 e.